The van der Waals surface area contributed by atoms with Crippen LogP contribution in [0.1, 0.15) is 5.56 Å². The molecule has 0 radical (unpaired) electrons. The van der Waals surface area contributed by atoms with Gasteiger partial charge in [-0.2, -0.15) is 0 Å². The number of aromatic hydroxyl groups is 1. The fourth-order valence-corrected chi connectivity index (χ4v) is 3.16. The van der Waals surface area contributed by atoms with E-state index in [2.05, 4.69) is 4.72 Å². The lowest BCUT2D eigenvalue weighted by molar-refractivity contribution is 0.354. The largest absolute Gasteiger partial charge is 0.508 e. The monoisotopic (exact) mass is 337 g/mol. The Bertz CT molecular complexity index is 774. The molecule has 0 amide bonds. The molecule has 0 heterocycles. The fraction of sp³-hybridized carbons (Fsp3) is 0.250. The minimum Gasteiger partial charge on any atom is -0.508 e. The van der Waals surface area contributed by atoms with Gasteiger partial charge in [-0.15, -0.1) is 0 Å². The average Bonchev–Trinajstić information content (AvgIpc) is 2.55. The van der Waals surface area contributed by atoms with Crippen molar-refractivity contribution in [3.63, 3.8) is 0 Å². The van der Waals surface area contributed by atoms with E-state index < -0.39 is 10.0 Å². The van der Waals surface area contributed by atoms with Gasteiger partial charge >= 0.3 is 0 Å². The predicted octanol–water partition coefficient (Wildman–Crippen LogP) is 1.93. The highest BCUT2D eigenvalue weighted by molar-refractivity contribution is 7.89. The van der Waals surface area contributed by atoms with Crippen molar-refractivity contribution >= 4 is 10.0 Å². The van der Waals surface area contributed by atoms with Gasteiger partial charge in [0.15, 0.2) is 11.5 Å². The number of rotatable bonds is 7. The van der Waals surface area contributed by atoms with Crippen LogP contribution >= 0.6 is 0 Å². The molecule has 0 saturated carbocycles. The van der Waals surface area contributed by atoms with Crippen molar-refractivity contribution in [1.82, 2.24) is 4.72 Å². The summed E-state index contributed by atoms with van der Waals surface area (Å²) >= 11 is 0. The van der Waals surface area contributed by atoms with Crippen LogP contribution in [-0.4, -0.2) is 34.3 Å². The molecule has 0 unspecified atom stereocenters. The molecule has 2 rings (SSSR count). The van der Waals surface area contributed by atoms with Crippen molar-refractivity contribution < 1.29 is 23.0 Å². The zero-order chi connectivity index (χ0) is 16.9. The van der Waals surface area contributed by atoms with E-state index in [1.54, 1.807) is 24.3 Å². The Morgan fingerprint density at radius 1 is 1.04 bits per heavy atom. The molecular formula is C16H19NO5S. The number of sulfonamides is 1. The van der Waals surface area contributed by atoms with Gasteiger partial charge in [-0.1, -0.05) is 18.2 Å². The van der Waals surface area contributed by atoms with Crippen LogP contribution in [0.25, 0.3) is 0 Å². The zero-order valence-electron chi connectivity index (χ0n) is 12.9. The normalized spacial score (nSPS) is 11.2. The van der Waals surface area contributed by atoms with Crippen molar-refractivity contribution in [1.29, 1.82) is 0 Å². The lowest BCUT2D eigenvalue weighted by Crippen LogP contribution is -2.26. The van der Waals surface area contributed by atoms with Gasteiger partial charge in [-0.05, 0) is 30.2 Å². The van der Waals surface area contributed by atoms with Crippen LogP contribution in [0.3, 0.4) is 0 Å². The second-order valence-corrected chi connectivity index (χ2v) is 6.56. The molecule has 6 nitrogen and oxygen atoms in total. The van der Waals surface area contributed by atoms with Gasteiger partial charge in [0.05, 0.1) is 19.1 Å². The van der Waals surface area contributed by atoms with Crippen LogP contribution in [0, 0.1) is 0 Å². The highest BCUT2D eigenvalue weighted by atomic mass is 32.2. The first-order valence-corrected chi connectivity index (χ1v) is 8.45. The fourth-order valence-electron chi connectivity index (χ4n) is 2.11. The first-order valence-electron chi connectivity index (χ1n) is 6.96. The summed E-state index contributed by atoms with van der Waals surface area (Å²) in [7, 11) is -0.741. The number of ether oxygens (including phenoxy) is 2. The van der Waals surface area contributed by atoms with Gasteiger partial charge in [0.1, 0.15) is 5.75 Å². The number of methoxy groups -OCH3 is 2. The summed E-state index contributed by atoms with van der Waals surface area (Å²) < 4.78 is 37.3. The average molecular weight is 337 g/mol. The molecule has 2 aromatic carbocycles. The molecule has 124 valence electrons. The lowest BCUT2D eigenvalue weighted by atomic mass is 10.1. The Morgan fingerprint density at radius 2 is 1.74 bits per heavy atom. The Balaban J connectivity index is 2.09. The van der Waals surface area contributed by atoms with Gasteiger partial charge in [0.2, 0.25) is 10.0 Å². The summed E-state index contributed by atoms with van der Waals surface area (Å²) in [6, 6.07) is 11.2. The summed E-state index contributed by atoms with van der Waals surface area (Å²) in [5.74, 6) is 0.953. The summed E-state index contributed by atoms with van der Waals surface area (Å²) in [6.07, 6.45) is 0.388. The minimum atomic E-state index is -3.67. The Hall–Kier alpha value is -2.25. The molecular weight excluding hydrogens is 318 g/mol. The number of nitrogens with one attached hydrogen (secondary N) is 1. The predicted molar refractivity (Wildman–Crippen MR) is 86.5 cm³/mol. The quantitative estimate of drug-likeness (QED) is 0.806. The van der Waals surface area contributed by atoms with Crippen LogP contribution in [0.2, 0.25) is 0 Å². The summed E-state index contributed by atoms with van der Waals surface area (Å²) in [6.45, 7) is 0.175. The lowest BCUT2D eigenvalue weighted by Gasteiger charge is -2.11. The zero-order valence-corrected chi connectivity index (χ0v) is 13.8. The van der Waals surface area contributed by atoms with Crippen molar-refractivity contribution in [2.45, 2.75) is 11.3 Å². The highest BCUT2D eigenvalue weighted by Gasteiger charge is 2.16. The van der Waals surface area contributed by atoms with E-state index in [1.807, 2.05) is 0 Å². The minimum absolute atomic E-state index is 0.0902. The molecule has 0 fully saturated rings. The van der Waals surface area contributed by atoms with Gasteiger partial charge in [-0.3, -0.25) is 0 Å². The summed E-state index contributed by atoms with van der Waals surface area (Å²) in [4.78, 5) is 0.0902. The molecule has 2 N–H and O–H groups in total. The third-order valence-electron chi connectivity index (χ3n) is 3.34. The maximum atomic E-state index is 12.3. The van der Waals surface area contributed by atoms with Crippen LogP contribution in [0.15, 0.2) is 47.4 Å². The molecule has 0 aliphatic heterocycles. The van der Waals surface area contributed by atoms with Crippen LogP contribution in [-0.2, 0) is 16.4 Å². The maximum Gasteiger partial charge on any atom is 0.240 e. The standard InChI is InChI=1S/C16H19NO5S/c1-21-15-8-7-13(11-16(15)22-2)23(19,20)17-10-9-12-5-3-4-6-14(12)18/h3-8,11,17-18H,9-10H2,1-2H3. The SMILES string of the molecule is COc1ccc(S(=O)(=O)NCCc2ccccc2O)cc1OC. The molecule has 23 heavy (non-hydrogen) atoms. The Labute approximate surface area is 135 Å². The molecule has 0 saturated heterocycles. The van der Waals surface area contributed by atoms with E-state index in [-0.39, 0.29) is 17.2 Å². The van der Waals surface area contributed by atoms with Gasteiger partial charge < -0.3 is 14.6 Å². The molecule has 7 heteroatoms. The third kappa shape index (κ3) is 4.14. The molecule has 2 aromatic rings. The second kappa shape index (κ2) is 7.34. The van der Waals surface area contributed by atoms with E-state index in [0.29, 0.717) is 23.5 Å². The van der Waals surface area contributed by atoms with E-state index in [1.165, 1.54) is 32.4 Å². The van der Waals surface area contributed by atoms with Crippen molar-refractivity contribution in [3.8, 4) is 17.2 Å². The topological polar surface area (TPSA) is 84.9 Å². The molecule has 0 bridgehead atoms. The van der Waals surface area contributed by atoms with Crippen molar-refractivity contribution in [2.75, 3.05) is 20.8 Å². The molecule has 0 aromatic heterocycles. The number of benzene rings is 2. The van der Waals surface area contributed by atoms with Gasteiger partial charge in [0, 0.05) is 12.6 Å². The van der Waals surface area contributed by atoms with Crippen molar-refractivity contribution in [3.05, 3.63) is 48.0 Å². The van der Waals surface area contributed by atoms with Crippen LogP contribution < -0.4 is 14.2 Å². The molecule has 0 aliphatic rings. The maximum absolute atomic E-state index is 12.3. The van der Waals surface area contributed by atoms with E-state index in [4.69, 9.17) is 9.47 Å². The van der Waals surface area contributed by atoms with E-state index in [0.717, 1.165) is 0 Å². The van der Waals surface area contributed by atoms with E-state index >= 15 is 0 Å². The first-order chi connectivity index (χ1) is 11.0. The third-order valence-corrected chi connectivity index (χ3v) is 4.80. The highest BCUT2D eigenvalue weighted by Crippen LogP contribution is 2.29. The molecule has 0 atom stereocenters. The van der Waals surface area contributed by atoms with Gasteiger partial charge in [-0.25, -0.2) is 13.1 Å². The van der Waals surface area contributed by atoms with Gasteiger partial charge in [0.25, 0.3) is 0 Å². The number of hydrogen-bond acceptors (Lipinski definition) is 5. The molecule has 0 spiro atoms. The smallest absolute Gasteiger partial charge is 0.240 e. The first kappa shape index (κ1) is 17.1. The Morgan fingerprint density at radius 3 is 2.39 bits per heavy atom. The Kier molecular flexibility index (Phi) is 5.46. The van der Waals surface area contributed by atoms with Crippen LogP contribution in [0.4, 0.5) is 0 Å². The second-order valence-electron chi connectivity index (χ2n) is 4.79. The number of hydrogen-bond donors (Lipinski definition) is 2. The number of phenolic OH excluding ortho intramolecular Hbond substituents is 1. The van der Waals surface area contributed by atoms with Crippen molar-refractivity contribution in [2.24, 2.45) is 0 Å². The van der Waals surface area contributed by atoms with E-state index in [9.17, 15) is 13.5 Å². The molecule has 0 aliphatic carbocycles. The van der Waals surface area contributed by atoms with Crippen LogP contribution in [0.5, 0.6) is 17.2 Å². The summed E-state index contributed by atoms with van der Waals surface area (Å²) in [5.41, 5.74) is 0.683. The number of phenols is 1. The number of para-hydroxylation sites is 1. The summed E-state index contributed by atoms with van der Waals surface area (Å²) in [5, 5.41) is 9.68.